The summed E-state index contributed by atoms with van der Waals surface area (Å²) in [7, 11) is 0. The van der Waals surface area contributed by atoms with Crippen LogP contribution in [0.5, 0.6) is 0 Å². The first-order valence-corrected chi connectivity index (χ1v) is 7.18. The van der Waals surface area contributed by atoms with Crippen LogP contribution in [0.3, 0.4) is 0 Å². The number of nitrogens with zero attached hydrogens (tertiary/aromatic N) is 2. The van der Waals surface area contributed by atoms with Crippen LogP contribution >= 0.6 is 11.6 Å². The highest BCUT2D eigenvalue weighted by atomic mass is 35.5. The summed E-state index contributed by atoms with van der Waals surface area (Å²) in [5.41, 5.74) is 3.59. The molecule has 0 aliphatic rings. The first kappa shape index (κ1) is 14.8. The van der Waals surface area contributed by atoms with E-state index in [2.05, 4.69) is 9.88 Å². The average Bonchev–Trinajstić information content (AvgIpc) is 2.44. The SMILES string of the molecule is CCN(Cc1cccc(C)n1)c1cc(F)cc(CCl)c1. The zero-order chi connectivity index (χ0) is 14.5. The zero-order valence-corrected chi connectivity index (χ0v) is 12.5. The first-order chi connectivity index (χ1) is 9.62. The summed E-state index contributed by atoms with van der Waals surface area (Å²) in [6.45, 7) is 5.44. The molecule has 0 saturated heterocycles. The second-order valence-electron chi connectivity index (χ2n) is 4.74. The van der Waals surface area contributed by atoms with Crippen LogP contribution < -0.4 is 4.90 Å². The van der Waals surface area contributed by atoms with Crippen molar-refractivity contribution < 1.29 is 4.39 Å². The molecular weight excluding hydrogens is 275 g/mol. The lowest BCUT2D eigenvalue weighted by Crippen LogP contribution is -2.23. The molecular formula is C16H18ClFN2. The lowest BCUT2D eigenvalue weighted by atomic mass is 10.2. The molecule has 0 aliphatic heterocycles. The number of pyridine rings is 1. The van der Waals surface area contributed by atoms with Gasteiger partial charge in [0.1, 0.15) is 5.82 Å². The molecule has 0 aliphatic carbocycles. The molecule has 4 heteroatoms. The smallest absolute Gasteiger partial charge is 0.125 e. The van der Waals surface area contributed by atoms with Crippen LogP contribution in [-0.4, -0.2) is 11.5 Å². The van der Waals surface area contributed by atoms with E-state index >= 15 is 0 Å². The largest absolute Gasteiger partial charge is 0.366 e. The van der Waals surface area contributed by atoms with E-state index in [0.717, 1.165) is 29.2 Å². The summed E-state index contributed by atoms with van der Waals surface area (Å²) in [5.74, 6) is 0.0548. The van der Waals surface area contributed by atoms with Crippen molar-refractivity contribution >= 4 is 17.3 Å². The van der Waals surface area contributed by atoms with E-state index in [0.29, 0.717) is 12.4 Å². The molecule has 20 heavy (non-hydrogen) atoms. The molecule has 1 heterocycles. The molecule has 1 aromatic carbocycles. The maximum absolute atomic E-state index is 13.6. The third-order valence-electron chi connectivity index (χ3n) is 3.14. The van der Waals surface area contributed by atoms with Gasteiger partial charge >= 0.3 is 0 Å². The van der Waals surface area contributed by atoms with Gasteiger partial charge in [0.05, 0.1) is 12.2 Å². The number of hydrogen-bond acceptors (Lipinski definition) is 2. The van der Waals surface area contributed by atoms with E-state index in [-0.39, 0.29) is 5.82 Å². The molecule has 2 nitrogen and oxygen atoms in total. The Bertz CT molecular complexity index is 586. The maximum Gasteiger partial charge on any atom is 0.125 e. The van der Waals surface area contributed by atoms with Crippen LogP contribution in [0.1, 0.15) is 23.9 Å². The number of aromatic nitrogens is 1. The average molecular weight is 293 g/mol. The second-order valence-corrected chi connectivity index (χ2v) is 5.00. The molecule has 0 bridgehead atoms. The minimum absolute atomic E-state index is 0.256. The molecule has 1 aromatic heterocycles. The Balaban J connectivity index is 2.26. The number of alkyl halides is 1. The number of anilines is 1. The fourth-order valence-electron chi connectivity index (χ4n) is 2.16. The molecule has 0 fully saturated rings. The summed E-state index contributed by atoms with van der Waals surface area (Å²) >= 11 is 5.80. The van der Waals surface area contributed by atoms with E-state index in [9.17, 15) is 4.39 Å². The van der Waals surface area contributed by atoms with Crippen molar-refractivity contribution in [3.05, 3.63) is 59.2 Å². The number of benzene rings is 1. The highest BCUT2D eigenvalue weighted by Crippen LogP contribution is 2.21. The Morgan fingerprint density at radius 2 is 2.05 bits per heavy atom. The van der Waals surface area contributed by atoms with Gasteiger partial charge in [0.2, 0.25) is 0 Å². The van der Waals surface area contributed by atoms with E-state index in [4.69, 9.17) is 11.6 Å². The Labute approximate surface area is 124 Å². The zero-order valence-electron chi connectivity index (χ0n) is 11.7. The molecule has 0 amide bonds. The van der Waals surface area contributed by atoms with Gasteiger partial charge in [-0.3, -0.25) is 4.98 Å². The molecule has 2 rings (SSSR count). The quantitative estimate of drug-likeness (QED) is 0.764. The van der Waals surface area contributed by atoms with Crippen LogP contribution in [0.4, 0.5) is 10.1 Å². The van der Waals surface area contributed by atoms with Gasteiger partial charge in [-0.15, -0.1) is 11.6 Å². The third-order valence-corrected chi connectivity index (χ3v) is 3.45. The molecule has 0 unspecified atom stereocenters. The Hall–Kier alpha value is -1.61. The van der Waals surface area contributed by atoms with Gasteiger partial charge < -0.3 is 4.90 Å². The molecule has 0 radical (unpaired) electrons. The van der Waals surface area contributed by atoms with Gasteiger partial charge in [-0.2, -0.15) is 0 Å². The summed E-state index contributed by atoms with van der Waals surface area (Å²) in [6.07, 6.45) is 0. The van der Waals surface area contributed by atoms with Crippen molar-refractivity contribution in [1.82, 2.24) is 4.98 Å². The summed E-state index contributed by atoms with van der Waals surface area (Å²) < 4.78 is 13.6. The summed E-state index contributed by atoms with van der Waals surface area (Å²) in [6, 6.07) is 10.9. The maximum atomic E-state index is 13.6. The highest BCUT2D eigenvalue weighted by Gasteiger charge is 2.09. The highest BCUT2D eigenvalue weighted by molar-refractivity contribution is 6.17. The molecule has 0 atom stereocenters. The van der Waals surface area contributed by atoms with Crippen molar-refractivity contribution in [1.29, 1.82) is 0 Å². The van der Waals surface area contributed by atoms with E-state index in [1.54, 1.807) is 0 Å². The van der Waals surface area contributed by atoms with E-state index in [1.165, 1.54) is 12.1 Å². The predicted octanol–water partition coefficient (Wildman–Crippen LogP) is 4.29. The lowest BCUT2D eigenvalue weighted by Gasteiger charge is -2.23. The topological polar surface area (TPSA) is 16.1 Å². The van der Waals surface area contributed by atoms with Gasteiger partial charge in [0.15, 0.2) is 0 Å². The van der Waals surface area contributed by atoms with E-state index in [1.807, 2.05) is 38.1 Å². The molecule has 0 spiro atoms. The number of rotatable bonds is 5. The fraction of sp³-hybridized carbons (Fsp3) is 0.312. The van der Waals surface area contributed by atoms with Crippen LogP contribution in [0.2, 0.25) is 0 Å². The van der Waals surface area contributed by atoms with Gasteiger partial charge in [-0.05, 0) is 49.7 Å². The summed E-state index contributed by atoms with van der Waals surface area (Å²) in [4.78, 5) is 6.57. The molecule has 106 valence electrons. The van der Waals surface area contributed by atoms with Crippen molar-refractivity contribution in [3.63, 3.8) is 0 Å². The van der Waals surface area contributed by atoms with Crippen molar-refractivity contribution in [2.24, 2.45) is 0 Å². The Morgan fingerprint density at radius 3 is 2.70 bits per heavy atom. The minimum Gasteiger partial charge on any atom is -0.366 e. The fourth-order valence-corrected chi connectivity index (χ4v) is 2.32. The third kappa shape index (κ3) is 3.70. The predicted molar refractivity (Wildman–Crippen MR) is 81.7 cm³/mol. The number of halogens is 2. The van der Waals surface area contributed by atoms with E-state index < -0.39 is 0 Å². The number of hydrogen-bond donors (Lipinski definition) is 0. The first-order valence-electron chi connectivity index (χ1n) is 6.65. The Kier molecular flexibility index (Phi) is 4.96. The summed E-state index contributed by atoms with van der Waals surface area (Å²) in [5, 5.41) is 0. The van der Waals surface area contributed by atoms with Gasteiger partial charge in [-0.25, -0.2) is 4.39 Å². The van der Waals surface area contributed by atoms with Crippen LogP contribution in [0.15, 0.2) is 36.4 Å². The standard InChI is InChI=1S/C16H18ClFN2/c1-3-20(11-15-6-4-5-12(2)19-15)16-8-13(10-17)7-14(18)9-16/h4-9H,3,10-11H2,1-2H3. The Morgan fingerprint density at radius 1 is 1.25 bits per heavy atom. The van der Waals surface area contributed by atoms with Gasteiger partial charge in [0, 0.05) is 23.8 Å². The molecule has 2 aromatic rings. The monoisotopic (exact) mass is 292 g/mol. The second kappa shape index (κ2) is 6.71. The van der Waals surface area contributed by atoms with Crippen LogP contribution in [0, 0.1) is 12.7 Å². The van der Waals surface area contributed by atoms with Crippen molar-refractivity contribution in [3.8, 4) is 0 Å². The molecule has 0 saturated carbocycles. The minimum atomic E-state index is -0.256. The van der Waals surface area contributed by atoms with Crippen molar-refractivity contribution in [2.45, 2.75) is 26.3 Å². The molecule has 0 N–H and O–H groups in total. The van der Waals surface area contributed by atoms with Gasteiger partial charge in [-0.1, -0.05) is 6.07 Å². The van der Waals surface area contributed by atoms with Gasteiger partial charge in [0.25, 0.3) is 0 Å². The normalized spacial score (nSPS) is 10.6. The van der Waals surface area contributed by atoms with Crippen LogP contribution in [0.25, 0.3) is 0 Å². The van der Waals surface area contributed by atoms with Crippen molar-refractivity contribution in [2.75, 3.05) is 11.4 Å². The van der Waals surface area contributed by atoms with Crippen LogP contribution in [-0.2, 0) is 12.4 Å². The lowest BCUT2D eigenvalue weighted by molar-refractivity contribution is 0.625. The number of aryl methyl sites for hydroxylation is 1.